The maximum absolute atomic E-state index is 16.8. The summed E-state index contributed by atoms with van der Waals surface area (Å²) in [7, 11) is 0. The van der Waals surface area contributed by atoms with E-state index in [9.17, 15) is 13.9 Å². The number of nitrogens with two attached hydrogens (primary N) is 1. The Bertz CT molecular complexity index is 1880. The topological polar surface area (TPSA) is 101 Å². The van der Waals surface area contributed by atoms with Gasteiger partial charge >= 0.3 is 6.01 Å². The first-order chi connectivity index (χ1) is 21.7. The molecule has 4 aromatic rings. The minimum Gasteiger partial charge on any atom is -0.508 e. The molecular formula is C34H33F3N6O2. The van der Waals surface area contributed by atoms with E-state index >= 15 is 4.39 Å². The number of piperidine rings is 1. The van der Waals surface area contributed by atoms with Gasteiger partial charge in [-0.25, -0.2) is 13.2 Å². The largest absolute Gasteiger partial charge is 0.508 e. The second kappa shape index (κ2) is 10.5. The minimum absolute atomic E-state index is 0.00423. The van der Waals surface area contributed by atoms with Crippen LogP contribution in [0.5, 0.6) is 11.8 Å². The number of pyridine rings is 1. The van der Waals surface area contributed by atoms with Gasteiger partial charge in [-0.3, -0.25) is 9.88 Å². The molecule has 4 atom stereocenters. The highest BCUT2D eigenvalue weighted by atomic mass is 19.1. The van der Waals surface area contributed by atoms with Crippen molar-refractivity contribution in [3.8, 4) is 35.4 Å². The summed E-state index contributed by atoms with van der Waals surface area (Å²) in [5, 5.41) is 11.6. The number of aromatic hydroxyl groups is 1. The predicted molar refractivity (Wildman–Crippen MR) is 165 cm³/mol. The molecule has 1 aliphatic carbocycles. The maximum atomic E-state index is 16.8. The van der Waals surface area contributed by atoms with Crippen LogP contribution in [0.15, 0.2) is 30.5 Å². The molecule has 3 N–H and O–H groups in total. The number of hydrogen-bond donors (Lipinski definition) is 2. The van der Waals surface area contributed by atoms with Crippen LogP contribution in [-0.4, -0.2) is 75.5 Å². The zero-order chi connectivity index (χ0) is 31.0. The molecule has 11 heteroatoms. The molecule has 0 amide bonds. The van der Waals surface area contributed by atoms with Gasteiger partial charge in [0.1, 0.15) is 41.4 Å². The molecule has 2 unspecified atom stereocenters. The highest BCUT2D eigenvalue weighted by Gasteiger charge is 2.49. The van der Waals surface area contributed by atoms with Crippen LogP contribution >= 0.6 is 0 Å². The molecule has 2 aromatic carbocycles. The Morgan fingerprint density at radius 1 is 1.13 bits per heavy atom. The molecule has 8 rings (SSSR count). The Balaban J connectivity index is 1.28. The fourth-order valence-electron chi connectivity index (χ4n) is 8.35. The van der Waals surface area contributed by atoms with E-state index in [0.29, 0.717) is 42.6 Å². The number of alkyl halides is 1. The van der Waals surface area contributed by atoms with E-state index in [0.717, 1.165) is 32.2 Å². The number of fused-ring (bicyclic) bond motifs is 5. The summed E-state index contributed by atoms with van der Waals surface area (Å²) in [6.07, 6.45) is 10.4. The molecule has 0 radical (unpaired) electrons. The summed E-state index contributed by atoms with van der Waals surface area (Å²) < 4.78 is 52.3. The van der Waals surface area contributed by atoms with Gasteiger partial charge in [0.15, 0.2) is 5.82 Å². The molecule has 2 aromatic heterocycles. The normalized spacial score (nSPS) is 27.8. The monoisotopic (exact) mass is 614 g/mol. The van der Waals surface area contributed by atoms with E-state index < -0.39 is 23.3 Å². The van der Waals surface area contributed by atoms with Crippen LogP contribution in [0, 0.1) is 35.8 Å². The fraction of sp³-hybridized carbons (Fsp3) is 0.441. The third-order valence-electron chi connectivity index (χ3n) is 10.5. The van der Waals surface area contributed by atoms with Crippen LogP contribution in [0.25, 0.3) is 32.9 Å². The highest BCUT2D eigenvalue weighted by Crippen LogP contribution is 2.43. The second-order valence-corrected chi connectivity index (χ2v) is 13.1. The van der Waals surface area contributed by atoms with Crippen LogP contribution in [-0.2, 0) is 0 Å². The Labute approximate surface area is 258 Å². The van der Waals surface area contributed by atoms with Crippen molar-refractivity contribution in [3.05, 3.63) is 47.7 Å². The van der Waals surface area contributed by atoms with Crippen LogP contribution < -0.4 is 15.4 Å². The average Bonchev–Trinajstić information content (AvgIpc) is 3.60. The average molecular weight is 615 g/mol. The molecule has 3 saturated heterocycles. The number of rotatable bonds is 5. The van der Waals surface area contributed by atoms with Crippen LogP contribution in [0.4, 0.5) is 19.0 Å². The molecule has 0 spiro atoms. The number of halogens is 3. The van der Waals surface area contributed by atoms with Crippen molar-refractivity contribution in [1.29, 1.82) is 0 Å². The van der Waals surface area contributed by atoms with Crippen LogP contribution in [0.2, 0.25) is 0 Å². The summed E-state index contributed by atoms with van der Waals surface area (Å²) >= 11 is 0. The molecule has 2 bridgehead atoms. The molecular weight excluding hydrogens is 581 g/mol. The van der Waals surface area contributed by atoms with Gasteiger partial charge in [-0.2, -0.15) is 9.97 Å². The summed E-state index contributed by atoms with van der Waals surface area (Å²) in [6, 6.07) is 5.56. The second-order valence-electron chi connectivity index (χ2n) is 13.1. The maximum Gasteiger partial charge on any atom is 0.319 e. The number of benzene rings is 2. The van der Waals surface area contributed by atoms with Crippen LogP contribution in [0.1, 0.15) is 37.7 Å². The Morgan fingerprint density at radius 3 is 2.71 bits per heavy atom. The quantitative estimate of drug-likeness (QED) is 0.305. The van der Waals surface area contributed by atoms with Gasteiger partial charge in [-0.15, -0.1) is 6.42 Å². The smallest absolute Gasteiger partial charge is 0.319 e. The van der Waals surface area contributed by atoms with Crippen LogP contribution in [0.3, 0.4) is 0 Å². The van der Waals surface area contributed by atoms with Crippen molar-refractivity contribution in [1.82, 2.24) is 19.9 Å². The van der Waals surface area contributed by atoms with Gasteiger partial charge in [0.25, 0.3) is 0 Å². The summed E-state index contributed by atoms with van der Waals surface area (Å²) in [4.78, 5) is 18.1. The van der Waals surface area contributed by atoms with Crippen molar-refractivity contribution in [2.75, 3.05) is 37.7 Å². The molecule has 1 saturated carbocycles. The number of aromatic nitrogens is 3. The van der Waals surface area contributed by atoms with E-state index in [1.165, 1.54) is 30.5 Å². The Hall–Kier alpha value is -4.14. The fourth-order valence-corrected chi connectivity index (χ4v) is 8.35. The third kappa shape index (κ3) is 4.49. The predicted octanol–water partition coefficient (Wildman–Crippen LogP) is 4.94. The van der Waals surface area contributed by atoms with Gasteiger partial charge < -0.3 is 20.5 Å². The first-order valence-electron chi connectivity index (χ1n) is 15.6. The summed E-state index contributed by atoms with van der Waals surface area (Å²) in [6.45, 7) is 2.71. The molecule has 4 fully saturated rings. The number of nitrogens with zero attached hydrogens (tertiary/aromatic N) is 5. The highest BCUT2D eigenvalue weighted by molar-refractivity contribution is 6.03. The third-order valence-corrected chi connectivity index (χ3v) is 10.5. The van der Waals surface area contributed by atoms with E-state index in [1.54, 1.807) is 0 Å². The molecule has 45 heavy (non-hydrogen) atoms. The lowest BCUT2D eigenvalue weighted by Crippen LogP contribution is -2.49. The van der Waals surface area contributed by atoms with E-state index in [1.807, 2.05) is 0 Å². The first kappa shape index (κ1) is 28.3. The number of hydrogen-bond acceptors (Lipinski definition) is 8. The first-order valence-corrected chi connectivity index (χ1v) is 15.6. The zero-order valence-electron chi connectivity index (χ0n) is 24.6. The Kier molecular flexibility index (Phi) is 6.59. The van der Waals surface area contributed by atoms with Crippen molar-refractivity contribution in [2.24, 2.45) is 17.6 Å². The van der Waals surface area contributed by atoms with Gasteiger partial charge in [-0.1, -0.05) is 12.0 Å². The lowest BCUT2D eigenvalue weighted by molar-refractivity contribution is 0.107. The van der Waals surface area contributed by atoms with Gasteiger partial charge in [-0.05, 0) is 67.6 Å². The van der Waals surface area contributed by atoms with Gasteiger partial charge in [0.2, 0.25) is 0 Å². The number of phenols is 1. The lowest BCUT2D eigenvalue weighted by Gasteiger charge is -2.37. The standard InChI is InChI=1S/C34H33F3N6O2/c1-2-23-26(36)7-6-18-10-22(44)11-24(27(18)23)30-28(37)31-25(13-39-30)32(42-14-19-4-5-20(15-42)29(19)38)41-33(40-31)45-17-34-8-3-9-43(34)16-21(35)12-34/h1,6-7,10-11,13,19-21,29,44H,3-5,8-9,12,14-17,38H2/t19?,20?,21-,29?,34+/m1/s1. The minimum atomic E-state index is -0.920. The molecule has 3 aliphatic heterocycles. The SMILES string of the molecule is C#Cc1c(F)ccc2cc(O)cc(-c3ncc4c(N5CC6CCC(C5)C6N)nc(OC[C@@]56CCCN5C[C@H](F)C6)nc4c3F)c12. The molecule has 8 nitrogen and oxygen atoms in total. The van der Waals surface area contributed by atoms with Crippen molar-refractivity contribution < 1.29 is 23.0 Å². The van der Waals surface area contributed by atoms with Crippen molar-refractivity contribution in [2.45, 2.75) is 49.9 Å². The van der Waals surface area contributed by atoms with E-state index in [-0.39, 0.29) is 64.0 Å². The number of anilines is 1. The van der Waals surface area contributed by atoms with Gasteiger partial charge in [0.05, 0.1) is 16.5 Å². The summed E-state index contributed by atoms with van der Waals surface area (Å²) in [5.41, 5.74) is 5.98. The van der Waals surface area contributed by atoms with E-state index in [4.69, 9.17) is 21.9 Å². The number of phenolic OH excluding ortho intramolecular Hbond substituents is 1. The van der Waals surface area contributed by atoms with Gasteiger partial charge in [0, 0.05) is 49.2 Å². The molecule has 4 aliphatic rings. The number of terminal acetylenes is 1. The van der Waals surface area contributed by atoms with Crippen molar-refractivity contribution >= 4 is 27.5 Å². The lowest BCUT2D eigenvalue weighted by atomic mass is 9.93. The molecule has 232 valence electrons. The molecule has 5 heterocycles. The number of ether oxygens (including phenoxy) is 1. The Morgan fingerprint density at radius 2 is 1.93 bits per heavy atom. The van der Waals surface area contributed by atoms with E-state index in [2.05, 4.69) is 25.7 Å². The zero-order valence-corrected chi connectivity index (χ0v) is 24.6. The summed E-state index contributed by atoms with van der Waals surface area (Å²) in [5.74, 6) is 1.88. The van der Waals surface area contributed by atoms with Crippen molar-refractivity contribution in [3.63, 3.8) is 0 Å².